The van der Waals surface area contributed by atoms with Crippen molar-refractivity contribution in [3.63, 3.8) is 0 Å². The molecule has 0 spiro atoms. The number of nitrogen functional groups attached to an aromatic ring is 1. The van der Waals surface area contributed by atoms with Gasteiger partial charge in [0.25, 0.3) is 0 Å². The second-order valence-corrected chi connectivity index (χ2v) is 7.21. The molecule has 0 aliphatic carbocycles. The molecule has 2 aromatic rings. The van der Waals surface area contributed by atoms with Crippen LogP contribution in [-0.2, 0) is 12.2 Å². The molecular formula is C17H21NS2. The molecule has 2 N–H and O–H groups in total. The van der Waals surface area contributed by atoms with E-state index in [-0.39, 0.29) is 0 Å². The number of rotatable bonds is 5. The van der Waals surface area contributed by atoms with Crippen molar-refractivity contribution >= 4 is 33.7 Å². The zero-order valence-corrected chi connectivity index (χ0v) is 13.9. The average Bonchev–Trinajstić information content (AvgIpc) is 2.89. The van der Waals surface area contributed by atoms with E-state index in [2.05, 4.69) is 51.1 Å². The second kappa shape index (κ2) is 7.00. The Morgan fingerprint density at radius 1 is 1.10 bits per heavy atom. The summed E-state index contributed by atoms with van der Waals surface area (Å²) in [6.07, 6.45) is 1.09. The zero-order chi connectivity index (χ0) is 14.5. The molecule has 0 bridgehead atoms. The quantitative estimate of drug-likeness (QED) is 0.780. The average molecular weight is 303 g/mol. The number of hydrogen-bond acceptors (Lipinski definition) is 3. The summed E-state index contributed by atoms with van der Waals surface area (Å²) in [5.74, 6) is 0.998. The molecule has 1 aromatic carbocycles. The Morgan fingerprint density at radius 2 is 1.80 bits per heavy atom. The third-order valence-corrected chi connectivity index (χ3v) is 5.73. The number of hydrogen-bond donors (Lipinski definition) is 1. The normalized spacial score (nSPS) is 12.3. The molecule has 20 heavy (non-hydrogen) atoms. The molecule has 0 aliphatic heterocycles. The Balaban J connectivity index is 2.05. The minimum absolute atomic E-state index is 0.897. The van der Waals surface area contributed by atoms with Crippen molar-refractivity contribution in [2.75, 3.05) is 5.73 Å². The number of thioether (sulfide) groups is 1. The lowest BCUT2D eigenvalue weighted by atomic mass is 10.0. The lowest BCUT2D eigenvalue weighted by molar-refractivity contribution is 1.14. The number of anilines is 1. The lowest BCUT2D eigenvalue weighted by Crippen LogP contribution is -1.85. The van der Waals surface area contributed by atoms with Crippen molar-refractivity contribution in [1.82, 2.24) is 0 Å². The van der Waals surface area contributed by atoms with Crippen LogP contribution < -0.4 is 5.73 Å². The van der Waals surface area contributed by atoms with Gasteiger partial charge >= 0.3 is 0 Å². The number of aryl methyl sites for hydroxylation is 1. The van der Waals surface area contributed by atoms with Crippen LogP contribution in [0.5, 0.6) is 0 Å². The Hall–Kier alpha value is -1.19. The van der Waals surface area contributed by atoms with Crippen LogP contribution in [0.15, 0.2) is 41.3 Å². The first-order valence-electron chi connectivity index (χ1n) is 6.84. The summed E-state index contributed by atoms with van der Waals surface area (Å²) in [5, 5.41) is 0.897. The first kappa shape index (κ1) is 15.2. The fourth-order valence-corrected chi connectivity index (χ4v) is 3.73. The molecule has 0 fully saturated rings. The van der Waals surface area contributed by atoms with Crippen LogP contribution in [-0.4, -0.2) is 0 Å². The van der Waals surface area contributed by atoms with Gasteiger partial charge < -0.3 is 5.73 Å². The molecule has 1 nitrogen and oxygen atoms in total. The fraction of sp³-hybridized carbons (Fsp3) is 0.294. The summed E-state index contributed by atoms with van der Waals surface area (Å²) >= 11 is 3.57. The maximum absolute atomic E-state index is 5.76. The molecule has 1 aromatic heterocycles. The van der Waals surface area contributed by atoms with Crippen LogP contribution >= 0.6 is 23.1 Å². The monoisotopic (exact) mass is 303 g/mol. The summed E-state index contributed by atoms with van der Waals surface area (Å²) in [4.78, 5) is 2.71. The van der Waals surface area contributed by atoms with Gasteiger partial charge in [0.1, 0.15) is 0 Å². The molecule has 0 saturated heterocycles. The van der Waals surface area contributed by atoms with E-state index in [1.54, 1.807) is 11.3 Å². The molecule has 0 saturated carbocycles. The van der Waals surface area contributed by atoms with E-state index in [4.69, 9.17) is 5.73 Å². The summed E-state index contributed by atoms with van der Waals surface area (Å²) in [7, 11) is 0. The fourth-order valence-electron chi connectivity index (χ4n) is 1.95. The SMILES string of the molecule is CCc1ccc(/C(C)=C(\C)SCc2ccc(N)s2)cc1. The molecule has 0 aliphatic rings. The van der Waals surface area contributed by atoms with Crippen molar-refractivity contribution in [3.05, 3.63) is 57.3 Å². The van der Waals surface area contributed by atoms with Crippen molar-refractivity contribution in [2.24, 2.45) is 0 Å². The zero-order valence-electron chi connectivity index (χ0n) is 12.3. The van der Waals surface area contributed by atoms with E-state index in [1.807, 2.05) is 17.8 Å². The highest BCUT2D eigenvalue weighted by atomic mass is 32.2. The van der Waals surface area contributed by atoms with E-state index in [0.717, 1.165) is 17.2 Å². The Bertz CT molecular complexity index is 594. The molecule has 0 amide bonds. The van der Waals surface area contributed by atoms with Crippen molar-refractivity contribution in [2.45, 2.75) is 32.9 Å². The van der Waals surface area contributed by atoms with Crippen LogP contribution in [0.3, 0.4) is 0 Å². The van der Waals surface area contributed by atoms with Gasteiger partial charge in [-0.1, -0.05) is 31.2 Å². The highest BCUT2D eigenvalue weighted by Gasteiger charge is 2.04. The van der Waals surface area contributed by atoms with E-state index < -0.39 is 0 Å². The maximum Gasteiger partial charge on any atom is 0.0859 e. The minimum Gasteiger partial charge on any atom is -0.391 e. The standard InChI is InChI=1S/C17H21NS2/c1-4-14-5-7-15(8-6-14)12(2)13(3)19-11-16-9-10-17(18)20-16/h5-10H,4,11,18H2,1-3H3/b13-12+. The van der Waals surface area contributed by atoms with E-state index >= 15 is 0 Å². The van der Waals surface area contributed by atoms with Crippen LogP contribution in [0.4, 0.5) is 5.00 Å². The molecule has 0 atom stereocenters. The van der Waals surface area contributed by atoms with Gasteiger partial charge in [0, 0.05) is 10.6 Å². The van der Waals surface area contributed by atoms with Gasteiger partial charge in [-0.2, -0.15) is 0 Å². The largest absolute Gasteiger partial charge is 0.391 e. The highest BCUT2D eigenvalue weighted by Crippen LogP contribution is 2.31. The van der Waals surface area contributed by atoms with Gasteiger partial charge in [0.15, 0.2) is 0 Å². The van der Waals surface area contributed by atoms with Crippen molar-refractivity contribution in [3.8, 4) is 0 Å². The van der Waals surface area contributed by atoms with Gasteiger partial charge in [0.05, 0.1) is 5.00 Å². The van der Waals surface area contributed by atoms with E-state index in [0.29, 0.717) is 0 Å². The van der Waals surface area contributed by atoms with E-state index in [9.17, 15) is 0 Å². The van der Waals surface area contributed by atoms with Crippen LogP contribution in [0.25, 0.3) is 5.57 Å². The van der Waals surface area contributed by atoms with Gasteiger partial charge in [-0.05, 0) is 54.0 Å². The number of nitrogens with two attached hydrogens (primary N) is 1. The van der Waals surface area contributed by atoms with Crippen molar-refractivity contribution in [1.29, 1.82) is 0 Å². The summed E-state index contributed by atoms with van der Waals surface area (Å²) in [6.45, 7) is 6.59. The predicted octanol–water partition coefficient (Wildman–Crippen LogP) is 5.58. The first-order chi connectivity index (χ1) is 9.60. The number of thiophene rings is 1. The molecule has 3 heteroatoms. The van der Waals surface area contributed by atoms with Gasteiger partial charge in [-0.15, -0.1) is 23.1 Å². The van der Waals surface area contributed by atoms with Gasteiger partial charge in [0.2, 0.25) is 0 Å². The Kier molecular flexibility index (Phi) is 5.32. The summed E-state index contributed by atoms with van der Waals surface area (Å²) in [5.41, 5.74) is 9.83. The summed E-state index contributed by atoms with van der Waals surface area (Å²) in [6, 6.07) is 13.0. The molecule has 0 unspecified atom stereocenters. The second-order valence-electron chi connectivity index (χ2n) is 4.82. The Morgan fingerprint density at radius 3 is 2.35 bits per heavy atom. The van der Waals surface area contributed by atoms with Gasteiger partial charge in [-0.3, -0.25) is 0 Å². The topological polar surface area (TPSA) is 26.0 Å². The molecule has 1 heterocycles. The van der Waals surface area contributed by atoms with Crippen LogP contribution in [0.2, 0.25) is 0 Å². The highest BCUT2D eigenvalue weighted by molar-refractivity contribution is 8.02. The Labute approximate surface area is 129 Å². The smallest absolute Gasteiger partial charge is 0.0859 e. The lowest BCUT2D eigenvalue weighted by Gasteiger charge is -2.08. The third-order valence-electron chi connectivity index (χ3n) is 3.44. The molecule has 0 radical (unpaired) electrons. The van der Waals surface area contributed by atoms with Crippen LogP contribution in [0.1, 0.15) is 36.8 Å². The van der Waals surface area contributed by atoms with Crippen molar-refractivity contribution < 1.29 is 0 Å². The van der Waals surface area contributed by atoms with Gasteiger partial charge in [-0.25, -0.2) is 0 Å². The summed E-state index contributed by atoms with van der Waals surface area (Å²) < 4.78 is 0. The maximum atomic E-state index is 5.76. The predicted molar refractivity (Wildman–Crippen MR) is 94.1 cm³/mol. The van der Waals surface area contributed by atoms with E-state index in [1.165, 1.54) is 26.5 Å². The molecule has 106 valence electrons. The first-order valence-corrected chi connectivity index (χ1v) is 8.64. The molecule has 2 rings (SSSR count). The number of allylic oxidation sites excluding steroid dienone is 2. The van der Waals surface area contributed by atoms with Crippen LogP contribution in [0, 0.1) is 0 Å². The molecular weight excluding hydrogens is 282 g/mol. The number of benzene rings is 1. The third kappa shape index (κ3) is 3.90. The minimum atomic E-state index is 0.897.